The molecular formula is C18H26N6O2. The van der Waals surface area contributed by atoms with Gasteiger partial charge >= 0.3 is 0 Å². The van der Waals surface area contributed by atoms with E-state index in [0.717, 1.165) is 47.7 Å². The average molecular weight is 358 g/mol. The van der Waals surface area contributed by atoms with Crippen LogP contribution in [0.1, 0.15) is 35.9 Å². The smallest absolute Gasteiger partial charge is 0.236 e. The molecule has 1 saturated heterocycles. The monoisotopic (exact) mass is 358 g/mol. The highest BCUT2D eigenvalue weighted by molar-refractivity contribution is 5.78. The predicted octanol–water partition coefficient (Wildman–Crippen LogP) is 1.48. The summed E-state index contributed by atoms with van der Waals surface area (Å²) < 4.78 is 5.35. The van der Waals surface area contributed by atoms with Gasteiger partial charge in [0.05, 0.1) is 23.5 Å². The lowest BCUT2D eigenvalue weighted by Crippen LogP contribution is -2.42. The van der Waals surface area contributed by atoms with Crippen molar-refractivity contribution in [2.45, 2.75) is 32.6 Å². The third kappa shape index (κ3) is 3.41. The van der Waals surface area contributed by atoms with E-state index in [9.17, 15) is 4.79 Å². The van der Waals surface area contributed by atoms with Crippen molar-refractivity contribution in [1.29, 1.82) is 0 Å². The Morgan fingerprint density at radius 1 is 1.42 bits per heavy atom. The Hall–Kier alpha value is -2.48. The van der Waals surface area contributed by atoms with E-state index < -0.39 is 0 Å². The Morgan fingerprint density at radius 3 is 2.81 bits per heavy atom. The number of amides is 1. The van der Waals surface area contributed by atoms with E-state index in [1.165, 1.54) is 0 Å². The Labute approximate surface area is 153 Å². The number of carbonyl (C=O) groups is 1. The summed E-state index contributed by atoms with van der Waals surface area (Å²) in [6.45, 7) is 5.22. The summed E-state index contributed by atoms with van der Waals surface area (Å²) in [4.78, 5) is 25.1. The highest BCUT2D eigenvalue weighted by atomic mass is 16.5. The Balaban J connectivity index is 2.06. The third-order valence-electron chi connectivity index (χ3n) is 4.84. The van der Waals surface area contributed by atoms with Gasteiger partial charge in [-0.3, -0.25) is 4.79 Å². The molecule has 0 saturated carbocycles. The maximum Gasteiger partial charge on any atom is 0.236 e. The normalized spacial score (nSPS) is 17.4. The summed E-state index contributed by atoms with van der Waals surface area (Å²) in [5, 5.41) is 4.07. The predicted molar refractivity (Wildman–Crippen MR) is 98.9 cm³/mol. The summed E-state index contributed by atoms with van der Waals surface area (Å²) in [6.07, 6.45) is 3.74. The van der Waals surface area contributed by atoms with Crippen LogP contribution in [0.4, 0.5) is 5.95 Å². The molecule has 3 heterocycles. The number of hydrogen-bond acceptors (Lipinski definition) is 7. The highest BCUT2D eigenvalue weighted by Gasteiger charge is 2.29. The second-order valence-corrected chi connectivity index (χ2v) is 6.95. The van der Waals surface area contributed by atoms with Crippen molar-refractivity contribution in [3.05, 3.63) is 23.3 Å². The van der Waals surface area contributed by atoms with Gasteiger partial charge < -0.3 is 20.1 Å². The van der Waals surface area contributed by atoms with Crippen molar-refractivity contribution in [3.63, 3.8) is 0 Å². The van der Waals surface area contributed by atoms with Gasteiger partial charge in [0.2, 0.25) is 11.9 Å². The zero-order chi connectivity index (χ0) is 18.8. The van der Waals surface area contributed by atoms with Crippen LogP contribution in [0, 0.1) is 13.8 Å². The van der Waals surface area contributed by atoms with Gasteiger partial charge in [0, 0.05) is 44.9 Å². The van der Waals surface area contributed by atoms with Crippen LogP contribution in [0.3, 0.4) is 0 Å². The molecule has 0 radical (unpaired) electrons. The number of aryl methyl sites for hydroxylation is 2. The zero-order valence-electron chi connectivity index (χ0n) is 15.8. The first kappa shape index (κ1) is 18.3. The average Bonchev–Trinajstić information content (AvgIpc) is 2.98. The summed E-state index contributed by atoms with van der Waals surface area (Å²) in [7, 11) is 3.83. The van der Waals surface area contributed by atoms with Gasteiger partial charge in [-0.2, -0.15) is 0 Å². The molecule has 2 aromatic heterocycles. The van der Waals surface area contributed by atoms with E-state index in [0.29, 0.717) is 12.5 Å². The highest BCUT2D eigenvalue weighted by Crippen LogP contribution is 2.36. The minimum atomic E-state index is -0.0181. The molecule has 8 nitrogen and oxygen atoms in total. The van der Waals surface area contributed by atoms with Crippen LogP contribution in [0.25, 0.3) is 11.1 Å². The molecule has 2 aromatic rings. The second-order valence-electron chi connectivity index (χ2n) is 6.95. The Bertz CT molecular complexity index is 781. The van der Waals surface area contributed by atoms with Gasteiger partial charge in [-0.25, -0.2) is 9.97 Å². The molecule has 26 heavy (non-hydrogen) atoms. The van der Waals surface area contributed by atoms with Crippen LogP contribution in [-0.2, 0) is 4.79 Å². The fourth-order valence-electron chi connectivity index (χ4n) is 3.53. The number of carbonyl (C=O) groups excluding carboxylic acids is 1. The molecule has 1 amide bonds. The first-order valence-corrected chi connectivity index (χ1v) is 8.87. The number of anilines is 1. The van der Waals surface area contributed by atoms with Crippen LogP contribution < -0.4 is 10.6 Å². The van der Waals surface area contributed by atoms with E-state index in [-0.39, 0.29) is 18.4 Å². The fraction of sp³-hybridized carbons (Fsp3) is 0.556. The summed E-state index contributed by atoms with van der Waals surface area (Å²) >= 11 is 0. The number of nitrogens with two attached hydrogens (primary N) is 1. The standard InChI is InChI=1S/C18H26N6O2/c1-11-16(12(2)26-22-11)14-9-20-18(23(3)4)21-17(14)13-6-5-7-24(10-13)15(25)8-19/h9,13H,5-8,10,19H2,1-4H3. The molecule has 1 atom stereocenters. The van der Waals surface area contributed by atoms with Crippen LogP contribution in [-0.4, -0.2) is 59.7 Å². The summed E-state index contributed by atoms with van der Waals surface area (Å²) in [6, 6.07) is 0. The fourth-order valence-corrected chi connectivity index (χ4v) is 3.53. The van der Waals surface area contributed by atoms with E-state index >= 15 is 0 Å². The number of aromatic nitrogens is 3. The maximum atomic E-state index is 12.1. The number of piperidine rings is 1. The van der Waals surface area contributed by atoms with Gasteiger partial charge in [-0.1, -0.05) is 5.16 Å². The quantitative estimate of drug-likeness (QED) is 0.883. The van der Waals surface area contributed by atoms with Crippen LogP contribution in [0.2, 0.25) is 0 Å². The number of likely N-dealkylation sites (tertiary alicyclic amines) is 1. The van der Waals surface area contributed by atoms with E-state index in [1.54, 1.807) is 0 Å². The topological polar surface area (TPSA) is 101 Å². The van der Waals surface area contributed by atoms with Crippen molar-refractivity contribution >= 4 is 11.9 Å². The molecule has 1 unspecified atom stereocenters. The van der Waals surface area contributed by atoms with E-state index in [1.807, 2.05) is 43.9 Å². The molecule has 0 bridgehead atoms. The molecule has 2 N–H and O–H groups in total. The van der Waals surface area contributed by atoms with Crippen molar-refractivity contribution in [2.75, 3.05) is 38.6 Å². The second kappa shape index (κ2) is 7.41. The number of rotatable bonds is 4. The van der Waals surface area contributed by atoms with E-state index in [4.69, 9.17) is 15.2 Å². The lowest BCUT2D eigenvalue weighted by Gasteiger charge is -2.33. The third-order valence-corrected chi connectivity index (χ3v) is 4.84. The number of nitrogens with zero attached hydrogens (tertiary/aromatic N) is 5. The molecule has 0 spiro atoms. The zero-order valence-corrected chi connectivity index (χ0v) is 15.8. The Morgan fingerprint density at radius 2 is 2.19 bits per heavy atom. The molecule has 0 aliphatic carbocycles. The molecular weight excluding hydrogens is 332 g/mol. The summed E-state index contributed by atoms with van der Waals surface area (Å²) in [5.74, 6) is 1.51. The molecule has 1 aliphatic rings. The van der Waals surface area contributed by atoms with Gasteiger partial charge in [0.1, 0.15) is 5.76 Å². The van der Waals surface area contributed by atoms with Gasteiger partial charge in [0.15, 0.2) is 0 Å². The van der Waals surface area contributed by atoms with Gasteiger partial charge in [-0.05, 0) is 26.7 Å². The van der Waals surface area contributed by atoms with Gasteiger partial charge in [-0.15, -0.1) is 0 Å². The lowest BCUT2D eigenvalue weighted by atomic mass is 9.89. The first-order valence-electron chi connectivity index (χ1n) is 8.87. The van der Waals surface area contributed by atoms with Crippen molar-refractivity contribution in [3.8, 4) is 11.1 Å². The van der Waals surface area contributed by atoms with Gasteiger partial charge in [0.25, 0.3) is 0 Å². The van der Waals surface area contributed by atoms with Crippen molar-refractivity contribution in [2.24, 2.45) is 5.73 Å². The largest absolute Gasteiger partial charge is 0.361 e. The SMILES string of the molecule is Cc1noc(C)c1-c1cnc(N(C)C)nc1C1CCCN(C(=O)CN)C1. The molecule has 1 aliphatic heterocycles. The minimum absolute atomic E-state index is 0.0181. The molecule has 0 aromatic carbocycles. The number of hydrogen-bond donors (Lipinski definition) is 1. The van der Waals surface area contributed by atoms with Crippen molar-refractivity contribution in [1.82, 2.24) is 20.0 Å². The van der Waals surface area contributed by atoms with E-state index in [2.05, 4.69) is 10.1 Å². The Kier molecular flexibility index (Phi) is 5.22. The molecule has 8 heteroatoms. The molecule has 1 fully saturated rings. The first-order chi connectivity index (χ1) is 12.4. The molecule has 140 valence electrons. The maximum absolute atomic E-state index is 12.1. The molecule has 3 rings (SSSR count). The van der Waals surface area contributed by atoms with Crippen LogP contribution >= 0.6 is 0 Å². The van der Waals surface area contributed by atoms with Crippen molar-refractivity contribution < 1.29 is 9.32 Å². The summed E-state index contributed by atoms with van der Waals surface area (Å²) in [5.41, 5.74) is 9.17. The lowest BCUT2D eigenvalue weighted by molar-refractivity contribution is -0.130. The minimum Gasteiger partial charge on any atom is -0.361 e. The van der Waals surface area contributed by atoms with Crippen LogP contribution in [0.15, 0.2) is 10.7 Å². The van der Waals surface area contributed by atoms with Crippen LogP contribution in [0.5, 0.6) is 0 Å².